The highest BCUT2D eigenvalue weighted by Crippen LogP contribution is 2.30. The van der Waals surface area contributed by atoms with Crippen LogP contribution in [0.25, 0.3) is 0 Å². The van der Waals surface area contributed by atoms with Crippen LogP contribution in [-0.4, -0.2) is 26.1 Å². The van der Waals surface area contributed by atoms with Crippen LogP contribution in [-0.2, 0) is 0 Å². The zero-order chi connectivity index (χ0) is 12.7. The molecule has 0 aromatic heterocycles. The Labute approximate surface area is 109 Å². The minimum absolute atomic E-state index is 0.973. The molecular weight excluding hydrogens is 222 g/mol. The van der Waals surface area contributed by atoms with E-state index >= 15 is 0 Å². The molecule has 0 saturated carbocycles. The minimum atomic E-state index is -0.973. The van der Waals surface area contributed by atoms with Crippen LogP contribution in [0.2, 0.25) is 24.2 Å². The Kier molecular flexibility index (Phi) is 6.32. The highest BCUT2D eigenvalue weighted by molar-refractivity contribution is 6.80. The molecule has 0 unspecified atom stereocenters. The first-order valence-electron chi connectivity index (χ1n) is 7.57. The standard InChI is InChI=1S/C15H31NSi/c1-5-12-17(6-2,7-3)14-15(4)13-16-10-8-9-11-16/h13H,5-12,14H2,1-4H3. The SMILES string of the molecule is CCC[Si](CC)(CC)CC(C)=CN1CCCC1. The van der Waals surface area contributed by atoms with Gasteiger partial charge in [0.1, 0.15) is 0 Å². The molecule has 0 atom stereocenters. The number of likely N-dealkylation sites (tertiary alicyclic amines) is 1. The zero-order valence-corrected chi connectivity index (χ0v) is 13.4. The van der Waals surface area contributed by atoms with Crippen molar-refractivity contribution in [3.63, 3.8) is 0 Å². The van der Waals surface area contributed by atoms with Crippen molar-refractivity contribution >= 4 is 8.07 Å². The molecule has 0 aromatic rings. The van der Waals surface area contributed by atoms with Gasteiger partial charge in [-0.3, -0.25) is 0 Å². The topological polar surface area (TPSA) is 3.24 Å². The Morgan fingerprint density at radius 2 is 1.71 bits per heavy atom. The van der Waals surface area contributed by atoms with Crippen LogP contribution in [0.15, 0.2) is 11.8 Å². The molecule has 1 saturated heterocycles. The normalized spacial score (nSPS) is 17.9. The van der Waals surface area contributed by atoms with Gasteiger partial charge in [-0.2, -0.15) is 0 Å². The van der Waals surface area contributed by atoms with E-state index in [1.54, 1.807) is 5.57 Å². The molecule has 0 radical (unpaired) electrons. The van der Waals surface area contributed by atoms with Crippen LogP contribution in [0.1, 0.15) is 47.0 Å². The third kappa shape index (κ3) is 4.49. The zero-order valence-electron chi connectivity index (χ0n) is 12.4. The van der Waals surface area contributed by atoms with Gasteiger partial charge in [0.2, 0.25) is 0 Å². The van der Waals surface area contributed by atoms with Gasteiger partial charge in [0, 0.05) is 13.1 Å². The van der Waals surface area contributed by atoms with E-state index in [0.717, 1.165) is 0 Å². The van der Waals surface area contributed by atoms with Crippen molar-refractivity contribution in [3.8, 4) is 0 Å². The predicted molar refractivity (Wildman–Crippen MR) is 81.2 cm³/mol. The van der Waals surface area contributed by atoms with E-state index in [2.05, 4.69) is 38.8 Å². The fourth-order valence-corrected chi connectivity index (χ4v) is 7.51. The van der Waals surface area contributed by atoms with Crippen molar-refractivity contribution in [3.05, 3.63) is 11.8 Å². The summed E-state index contributed by atoms with van der Waals surface area (Å²) in [5.41, 5.74) is 1.65. The van der Waals surface area contributed by atoms with Crippen molar-refractivity contribution in [2.45, 2.75) is 71.1 Å². The quantitative estimate of drug-likeness (QED) is 0.584. The van der Waals surface area contributed by atoms with Crippen molar-refractivity contribution in [1.29, 1.82) is 0 Å². The number of hydrogen-bond acceptors (Lipinski definition) is 1. The van der Waals surface area contributed by atoms with Crippen molar-refractivity contribution in [2.24, 2.45) is 0 Å². The first-order chi connectivity index (χ1) is 8.15. The molecule has 0 amide bonds. The minimum Gasteiger partial charge on any atom is -0.377 e. The third-order valence-electron chi connectivity index (χ3n) is 4.48. The van der Waals surface area contributed by atoms with E-state index in [1.807, 2.05) is 0 Å². The molecule has 0 bridgehead atoms. The van der Waals surface area contributed by atoms with E-state index in [0.29, 0.717) is 0 Å². The van der Waals surface area contributed by atoms with E-state index in [4.69, 9.17) is 0 Å². The number of rotatable bonds is 7. The van der Waals surface area contributed by atoms with E-state index in [9.17, 15) is 0 Å². The highest BCUT2D eigenvalue weighted by Gasteiger charge is 2.28. The summed E-state index contributed by atoms with van der Waals surface area (Å²) in [5.74, 6) is 0. The van der Waals surface area contributed by atoms with Crippen LogP contribution >= 0.6 is 0 Å². The molecule has 0 aromatic carbocycles. The smallest absolute Gasteiger partial charge is 0.0571 e. The van der Waals surface area contributed by atoms with Gasteiger partial charge in [-0.25, -0.2) is 0 Å². The van der Waals surface area contributed by atoms with Gasteiger partial charge in [-0.15, -0.1) is 0 Å². The van der Waals surface area contributed by atoms with E-state index in [1.165, 1.54) is 56.5 Å². The maximum absolute atomic E-state index is 2.53. The molecule has 2 heteroatoms. The van der Waals surface area contributed by atoms with Crippen LogP contribution < -0.4 is 0 Å². The first kappa shape index (κ1) is 14.8. The lowest BCUT2D eigenvalue weighted by Crippen LogP contribution is -2.32. The van der Waals surface area contributed by atoms with Gasteiger partial charge in [-0.1, -0.05) is 50.9 Å². The predicted octanol–water partition coefficient (Wildman–Crippen LogP) is 4.88. The second kappa shape index (κ2) is 7.25. The fraction of sp³-hybridized carbons (Fsp3) is 0.867. The highest BCUT2D eigenvalue weighted by atomic mass is 28.3. The van der Waals surface area contributed by atoms with Crippen LogP contribution in [0.5, 0.6) is 0 Å². The molecule has 1 nitrogen and oxygen atoms in total. The Bertz CT molecular complexity index is 237. The summed E-state index contributed by atoms with van der Waals surface area (Å²) in [7, 11) is -0.973. The van der Waals surface area contributed by atoms with Gasteiger partial charge in [0.05, 0.1) is 8.07 Å². The fourth-order valence-electron chi connectivity index (χ4n) is 3.29. The summed E-state index contributed by atoms with van der Waals surface area (Å²) in [4.78, 5) is 2.53. The van der Waals surface area contributed by atoms with Gasteiger partial charge in [0.15, 0.2) is 0 Å². The van der Waals surface area contributed by atoms with Gasteiger partial charge in [0.25, 0.3) is 0 Å². The molecule has 0 spiro atoms. The molecule has 0 aliphatic carbocycles. The molecule has 100 valence electrons. The second-order valence-electron chi connectivity index (χ2n) is 5.85. The lowest BCUT2D eigenvalue weighted by molar-refractivity contribution is 0.464. The Hall–Kier alpha value is -0.243. The summed E-state index contributed by atoms with van der Waals surface area (Å²) >= 11 is 0. The molecule has 1 fully saturated rings. The van der Waals surface area contributed by atoms with E-state index in [-0.39, 0.29) is 0 Å². The number of allylic oxidation sites excluding steroid dienone is 1. The summed E-state index contributed by atoms with van der Waals surface area (Å²) in [6.45, 7) is 12.1. The van der Waals surface area contributed by atoms with Crippen LogP contribution in [0, 0.1) is 0 Å². The second-order valence-corrected chi connectivity index (χ2v) is 11.1. The molecule has 0 N–H and O–H groups in total. The van der Waals surface area contributed by atoms with Crippen molar-refractivity contribution in [2.75, 3.05) is 13.1 Å². The Balaban J connectivity index is 2.58. The van der Waals surface area contributed by atoms with Crippen LogP contribution in [0.3, 0.4) is 0 Å². The lowest BCUT2D eigenvalue weighted by Gasteiger charge is -2.30. The number of hydrogen-bond donors (Lipinski definition) is 0. The molecule has 1 heterocycles. The molecular formula is C15H31NSi. The summed E-state index contributed by atoms with van der Waals surface area (Å²) in [6.07, 6.45) is 6.63. The molecule has 1 aliphatic heterocycles. The van der Waals surface area contributed by atoms with Crippen molar-refractivity contribution < 1.29 is 0 Å². The van der Waals surface area contributed by atoms with Crippen LogP contribution in [0.4, 0.5) is 0 Å². The molecule has 1 aliphatic rings. The summed E-state index contributed by atoms with van der Waals surface area (Å²) in [6, 6.07) is 5.88. The summed E-state index contributed by atoms with van der Waals surface area (Å²) in [5, 5.41) is 0. The van der Waals surface area contributed by atoms with Crippen molar-refractivity contribution in [1.82, 2.24) is 4.90 Å². The maximum atomic E-state index is 2.53. The molecule has 1 rings (SSSR count). The third-order valence-corrected chi connectivity index (χ3v) is 10.3. The Morgan fingerprint density at radius 1 is 1.12 bits per heavy atom. The lowest BCUT2D eigenvalue weighted by atomic mass is 10.4. The molecule has 17 heavy (non-hydrogen) atoms. The van der Waals surface area contributed by atoms with Gasteiger partial charge >= 0.3 is 0 Å². The van der Waals surface area contributed by atoms with Gasteiger partial charge in [-0.05, 0) is 32.0 Å². The largest absolute Gasteiger partial charge is 0.377 e. The first-order valence-corrected chi connectivity index (χ1v) is 10.4. The average molecular weight is 254 g/mol. The number of nitrogens with zero attached hydrogens (tertiary/aromatic N) is 1. The van der Waals surface area contributed by atoms with E-state index < -0.39 is 8.07 Å². The Morgan fingerprint density at radius 3 is 2.18 bits per heavy atom. The monoisotopic (exact) mass is 253 g/mol. The van der Waals surface area contributed by atoms with Gasteiger partial charge < -0.3 is 4.90 Å². The summed E-state index contributed by atoms with van der Waals surface area (Å²) < 4.78 is 0. The average Bonchev–Trinajstić information content (AvgIpc) is 2.81. The maximum Gasteiger partial charge on any atom is 0.0571 e.